The lowest BCUT2D eigenvalue weighted by molar-refractivity contribution is 0.844. The molecule has 0 unspecified atom stereocenters. The average molecular weight is 297 g/mol. The Morgan fingerprint density at radius 1 is 0.739 bits per heavy atom. The summed E-state index contributed by atoms with van der Waals surface area (Å²) < 4.78 is 2.41. The molecule has 4 rings (SSSR count). The lowest BCUT2D eigenvalue weighted by atomic mass is 10.1. The molecule has 0 radical (unpaired) electrons. The Labute approximate surface area is 136 Å². The molecule has 23 heavy (non-hydrogen) atoms. The highest BCUT2D eigenvalue weighted by Gasteiger charge is 2.10. The molecule has 0 amide bonds. The van der Waals surface area contributed by atoms with E-state index in [-0.39, 0.29) is 0 Å². The van der Waals surface area contributed by atoms with Crippen LogP contribution in [0.3, 0.4) is 0 Å². The summed E-state index contributed by atoms with van der Waals surface area (Å²) in [6, 6.07) is 30.3. The number of aryl methyl sites for hydroxylation is 1. The molecule has 1 heteroatoms. The van der Waals surface area contributed by atoms with Crippen molar-refractivity contribution in [2.45, 2.75) is 13.5 Å². The monoisotopic (exact) mass is 297 g/mol. The first-order valence-electron chi connectivity index (χ1n) is 8.00. The van der Waals surface area contributed by atoms with Crippen LogP contribution in [0.5, 0.6) is 0 Å². The highest BCUT2D eigenvalue weighted by Crippen LogP contribution is 2.29. The standard InChI is InChI=1S/C22H19N/c1-17-11-13-18(14-12-17)16-23-21-10-6-5-9-20(21)15-22(23)19-7-3-2-4-8-19/h2-15H,16H2,1H3. The van der Waals surface area contributed by atoms with E-state index in [4.69, 9.17) is 0 Å². The molecule has 0 saturated carbocycles. The van der Waals surface area contributed by atoms with Crippen molar-refractivity contribution < 1.29 is 0 Å². The molecule has 1 heterocycles. The topological polar surface area (TPSA) is 4.93 Å². The lowest BCUT2D eigenvalue weighted by Gasteiger charge is -2.11. The van der Waals surface area contributed by atoms with Crippen LogP contribution in [0.15, 0.2) is 84.9 Å². The zero-order valence-corrected chi connectivity index (χ0v) is 13.2. The molecule has 0 N–H and O–H groups in total. The Hall–Kier alpha value is -2.80. The Morgan fingerprint density at radius 3 is 2.22 bits per heavy atom. The van der Waals surface area contributed by atoms with E-state index in [1.54, 1.807) is 0 Å². The van der Waals surface area contributed by atoms with Crippen LogP contribution >= 0.6 is 0 Å². The highest BCUT2D eigenvalue weighted by atomic mass is 15.0. The molecule has 1 nitrogen and oxygen atoms in total. The van der Waals surface area contributed by atoms with Crippen molar-refractivity contribution in [2.75, 3.05) is 0 Å². The van der Waals surface area contributed by atoms with Crippen LogP contribution in [-0.4, -0.2) is 4.57 Å². The third-order valence-electron chi connectivity index (χ3n) is 4.34. The summed E-state index contributed by atoms with van der Waals surface area (Å²) in [7, 11) is 0. The van der Waals surface area contributed by atoms with E-state index in [1.807, 2.05) is 0 Å². The third-order valence-corrected chi connectivity index (χ3v) is 4.34. The van der Waals surface area contributed by atoms with E-state index >= 15 is 0 Å². The largest absolute Gasteiger partial charge is 0.336 e. The van der Waals surface area contributed by atoms with Gasteiger partial charge >= 0.3 is 0 Å². The van der Waals surface area contributed by atoms with Crippen molar-refractivity contribution in [3.05, 3.63) is 96.1 Å². The number of nitrogens with zero attached hydrogens (tertiary/aromatic N) is 1. The van der Waals surface area contributed by atoms with Crippen molar-refractivity contribution >= 4 is 10.9 Å². The van der Waals surface area contributed by atoms with Crippen molar-refractivity contribution in [3.63, 3.8) is 0 Å². The molecular formula is C22H19N. The quantitative estimate of drug-likeness (QED) is 0.459. The number of rotatable bonds is 3. The first-order chi connectivity index (χ1) is 11.3. The third kappa shape index (κ3) is 2.66. The fourth-order valence-electron chi connectivity index (χ4n) is 3.10. The van der Waals surface area contributed by atoms with Crippen LogP contribution in [0.4, 0.5) is 0 Å². The van der Waals surface area contributed by atoms with Gasteiger partial charge in [-0.2, -0.15) is 0 Å². The van der Waals surface area contributed by atoms with Gasteiger partial charge in [-0.05, 0) is 30.2 Å². The number of aromatic nitrogens is 1. The molecule has 1 aromatic heterocycles. The van der Waals surface area contributed by atoms with Crippen LogP contribution < -0.4 is 0 Å². The second kappa shape index (κ2) is 5.77. The molecule has 3 aromatic carbocycles. The van der Waals surface area contributed by atoms with Crippen LogP contribution in [0.25, 0.3) is 22.2 Å². The van der Waals surface area contributed by atoms with Gasteiger partial charge in [0.25, 0.3) is 0 Å². The summed E-state index contributed by atoms with van der Waals surface area (Å²) in [6.07, 6.45) is 0. The van der Waals surface area contributed by atoms with Gasteiger partial charge in [0, 0.05) is 23.1 Å². The molecule has 4 aromatic rings. The maximum atomic E-state index is 2.41. The van der Waals surface area contributed by atoms with E-state index in [2.05, 4.69) is 96.4 Å². The molecule has 0 aliphatic carbocycles. The predicted molar refractivity (Wildman–Crippen MR) is 97.7 cm³/mol. The Kier molecular flexibility index (Phi) is 3.47. The summed E-state index contributed by atoms with van der Waals surface area (Å²) in [4.78, 5) is 0. The van der Waals surface area contributed by atoms with Gasteiger partial charge in [-0.15, -0.1) is 0 Å². The van der Waals surface area contributed by atoms with Gasteiger partial charge < -0.3 is 4.57 Å². The van der Waals surface area contributed by atoms with Gasteiger partial charge in [-0.25, -0.2) is 0 Å². The van der Waals surface area contributed by atoms with Gasteiger partial charge in [0.1, 0.15) is 0 Å². The van der Waals surface area contributed by atoms with Crippen molar-refractivity contribution in [2.24, 2.45) is 0 Å². The molecule has 0 saturated heterocycles. The minimum Gasteiger partial charge on any atom is -0.336 e. The normalized spacial score (nSPS) is 11.0. The van der Waals surface area contributed by atoms with Crippen molar-refractivity contribution in [3.8, 4) is 11.3 Å². The fraction of sp³-hybridized carbons (Fsp3) is 0.0909. The second-order valence-electron chi connectivity index (χ2n) is 6.03. The Balaban J connectivity index is 1.87. The van der Waals surface area contributed by atoms with Gasteiger partial charge in [-0.3, -0.25) is 0 Å². The molecule has 0 aliphatic rings. The number of benzene rings is 3. The molecule has 0 bridgehead atoms. The van der Waals surface area contributed by atoms with E-state index in [0.717, 1.165) is 6.54 Å². The van der Waals surface area contributed by atoms with Gasteiger partial charge in [-0.1, -0.05) is 78.4 Å². The fourth-order valence-corrected chi connectivity index (χ4v) is 3.10. The summed E-state index contributed by atoms with van der Waals surface area (Å²) in [5.74, 6) is 0. The molecule has 0 spiro atoms. The van der Waals surface area contributed by atoms with E-state index in [9.17, 15) is 0 Å². The zero-order chi connectivity index (χ0) is 15.6. The Bertz CT molecular complexity index is 931. The maximum absolute atomic E-state index is 2.41. The van der Waals surface area contributed by atoms with Gasteiger partial charge in [0.05, 0.1) is 0 Å². The number of hydrogen-bond donors (Lipinski definition) is 0. The van der Waals surface area contributed by atoms with E-state index in [0.29, 0.717) is 0 Å². The van der Waals surface area contributed by atoms with Crippen LogP contribution in [0.2, 0.25) is 0 Å². The summed E-state index contributed by atoms with van der Waals surface area (Å²) in [5.41, 5.74) is 6.44. The lowest BCUT2D eigenvalue weighted by Crippen LogP contribution is -2.01. The van der Waals surface area contributed by atoms with E-state index < -0.39 is 0 Å². The number of hydrogen-bond acceptors (Lipinski definition) is 0. The molecule has 0 fully saturated rings. The maximum Gasteiger partial charge on any atom is 0.0494 e. The molecule has 0 atom stereocenters. The van der Waals surface area contributed by atoms with Crippen molar-refractivity contribution in [1.29, 1.82) is 0 Å². The van der Waals surface area contributed by atoms with Crippen LogP contribution in [0, 0.1) is 6.92 Å². The predicted octanol–water partition coefficient (Wildman–Crippen LogP) is 5.67. The van der Waals surface area contributed by atoms with Crippen LogP contribution in [0.1, 0.15) is 11.1 Å². The number of fused-ring (bicyclic) bond motifs is 1. The zero-order valence-electron chi connectivity index (χ0n) is 13.2. The molecule has 0 aliphatic heterocycles. The first kappa shape index (κ1) is 13.8. The summed E-state index contributed by atoms with van der Waals surface area (Å²) >= 11 is 0. The highest BCUT2D eigenvalue weighted by molar-refractivity contribution is 5.87. The summed E-state index contributed by atoms with van der Waals surface area (Å²) in [6.45, 7) is 3.02. The first-order valence-corrected chi connectivity index (χ1v) is 8.00. The minimum atomic E-state index is 0.887. The number of para-hydroxylation sites is 1. The Morgan fingerprint density at radius 2 is 1.43 bits per heavy atom. The second-order valence-corrected chi connectivity index (χ2v) is 6.03. The molecule has 112 valence electrons. The van der Waals surface area contributed by atoms with Crippen molar-refractivity contribution in [1.82, 2.24) is 4.57 Å². The van der Waals surface area contributed by atoms with Crippen LogP contribution in [-0.2, 0) is 6.54 Å². The minimum absolute atomic E-state index is 0.887. The van der Waals surface area contributed by atoms with Gasteiger partial charge in [0.2, 0.25) is 0 Å². The summed E-state index contributed by atoms with van der Waals surface area (Å²) in [5, 5.41) is 1.29. The van der Waals surface area contributed by atoms with Gasteiger partial charge in [0.15, 0.2) is 0 Å². The molecular weight excluding hydrogens is 278 g/mol. The van der Waals surface area contributed by atoms with E-state index in [1.165, 1.54) is 33.3 Å². The SMILES string of the molecule is Cc1ccc(Cn2c(-c3ccccc3)cc3ccccc32)cc1. The average Bonchev–Trinajstić information content (AvgIpc) is 2.96. The smallest absolute Gasteiger partial charge is 0.0494 e.